The van der Waals surface area contributed by atoms with Crippen molar-refractivity contribution in [2.24, 2.45) is 5.73 Å². The van der Waals surface area contributed by atoms with Crippen LogP contribution in [0, 0.1) is 0 Å². The van der Waals surface area contributed by atoms with Gasteiger partial charge in [0.05, 0.1) is 6.54 Å². The maximum absolute atomic E-state index is 11.4. The second-order valence-corrected chi connectivity index (χ2v) is 4.47. The van der Waals surface area contributed by atoms with Gasteiger partial charge in [-0.25, -0.2) is 0 Å². The molecule has 1 unspecified atom stereocenters. The van der Waals surface area contributed by atoms with Crippen LogP contribution in [0.4, 0.5) is 5.69 Å². The van der Waals surface area contributed by atoms with Crippen LogP contribution in [-0.4, -0.2) is 32.1 Å². The van der Waals surface area contributed by atoms with E-state index in [0.717, 1.165) is 12.2 Å². The average molecular weight is 233 g/mol. The lowest BCUT2D eigenvalue weighted by Crippen LogP contribution is -2.48. The fraction of sp³-hybridized carbons (Fsp3) is 0.462. The van der Waals surface area contributed by atoms with Gasteiger partial charge < -0.3 is 16.0 Å². The Morgan fingerprint density at radius 3 is 2.94 bits per heavy atom. The molecule has 3 N–H and O–H groups in total. The number of benzene rings is 1. The van der Waals surface area contributed by atoms with Crippen molar-refractivity contribution in [3.8, 4) is 0 Å². The van der Waals surface area contributed by atoms with E-state index in [1.807, 2.05) is 12.1 Å². The summed E-state index contributed by atoms with van der Waals surface area (Å²) < 4.78 is 0. The molecule has 0 bridgehead atoms. The second kappa shape index (κ2) is 5.19. The van der Waals surface area contributed by atoms with Crippen LogP contribution in [0.25, 0.3) is 0 Å². The van der Waals surface area contributed by atoms with Crippen molar-refractivity contribution < 1.29 is 4.79 Å². The minimum atomic E-state index is 0.0893. The van der Waals surface area contributed by atoms with Crippen molar-refractivity contribution in [1.29, 1.82) is 0 Å². The van der Waals surface area contributed by atoms with E-state index < -0.39 is 0 Å². The third kappa shape index (κ3) is 2.58. The van der Waals surface area contributed by atoms with Gasteiger partial charge >= 0.3 is 0 Å². The van der Waals surface area contributed by atoms with Gasteiger partial charge in [-0.2, -0.15) is 0 Å². The molecule has 1 fully saturated rings. The van der Waals surface area contributed by atoms with Crippen molar-refractivity contribution in [3.63, 3.8) is 0 Å². The summed E-state index contributed by atoms with van der Waals surface area (Å²) in [6, 6.07) is 8.20. The minimum absolute atomic E-state index is 0.0893. The predicted octanol–water partition coefficient (Wildman–Crippen LogP) is 0.685. The Kier molecular flexibility index (Phi) is 3.64. The number of piperazine rings is 1. The molecule has 4 heteroatoms. The summed E-state index contributed by atoms with van der Waals surface area (Å²) in [5.74, 6) is 0.405. The second-order valence-electron chi connectivity index (χ2n) is 4.47. The lowest BCUT2D eigenvalue weighted by Gasteiger charge is -2.31. The Bertz CT molecular complexity index is 405. The lowest BCUT2D eigenvalue weighted by atomic mass is 9.98. The molecule has 92 valence electrons. The molecule has 1 aromatic carbocycles. The van der Waals surface area contributed by atoms with Crippen LogP contribution in [0.5, 0.6) is 0 Å². The highest BCUT2D eigenvalue weighted by Crippen LogP contribution is 2.27. The number of nitrogens with two attached hydrogens (primary N) is 1. The Balaban J connectivity index is 2.27. The Morgan fingerprint density at radius 2 is 2.24 bits per heavy atom. The van der Waals surface area contributed by atoms with Crippen LogP contribution in [0.3, 0.4) is 0 Å². The van der Waals surface area contributed by atoms with E-state index >= 15 is 0 Å². The number of anilines is 1. The van der Waals surface area contributed by atoms with Gasteiger partial charge in [-0.05, 0) is 24.1 Å². The van der Waals surface area contributed by atoms with Crippen LogP contribution < -0.4 is 16.0 Å². The number of amides is 1. The summed E-state index contributed by atoms with van der Waals surface area (Å²) in [5, 5.41) is 2.84. The van der Waals surface area contributed by atoms with Crippen LogP contribution >= 0.6 is 0 Å². The number of hydrogen-bond donors (Lipinski definition) is 2. The molecular formula is C13H19N3O. The molecule has 1 heterocycles. The van der Waals surface area contributed by atoms with Gasteiger partial charge in [-0.15, -0.1) is 0 Å². The standard InChI is InChI=1S/C13H19N3O/c1-10(8-14)11-4-2-3-5-12(11)16-7-6-15-13(17)9-16/h2-5,10H,6-9,14H2,1H3,(H,15,17). The first-order valence-electron chi connectivity index (χ1n) is 6.03. The molecule has 1 aliphatic rings. The monoisotopic (exact) mass is 233 g/mol. The van der Waals surface area contributed by atoms with Gasteiger partial charge in [-0.1, -0.05) is 25.1 Å². The van der Waals surface area contributed by atoms with Crippen LogP contribution in [-0.2, 0) is 4.79 Å². The molecule has 0 aromatic heterocycles. The highest BCUT2D eigenvalue weighted by Gasteiger charge is 2.20. The molecule has 0 saturated carbocycles. The molecule has 17 heavy (non-hydrogen) atoms. The van der Waals surface area contributed by atoms with Crippen molar-refractivity contribution in [3.05, 3.63) is 29.8 Å². The quantitative estimate of drug-likeness (QED) is 0.807. The normalized spacial score (nSPS) is 17.8. The molecule has 1 atom stereocenters. The summed E-state index contributed by atoms with van der Waals surface area (Å²) in [4.78, 5) is 13.5. The molecule has 0 radical (unpaired) electrons. The summed E-state index contributed by atoms with van der Waals surface area (Å²) in [6.07, 6.45) is 0. The van der Waals surface area contributed by atoms with E-state index in [2.05, 4.69) is 29.3 Å². The third-order valence-corrected chi connectivity index (χ3v) is 3.20. The average Bonchev–Trinajstić information content (AvgIpc) is 2.38. The van der Waals surface area contributed by atoms with E-state index in [-0.39, 0.29) is 5.91 Å². The molecular weight excluding hydrogens is 214 g/mol. The van der Waals surface area contributed by atoms with Gasteiger partial charge in [0, 0.05) is 18.8 Å². The van der Waals surface area contributed by atoms with E-state index in [1.54, 1.807) is 0 Å². The molecule has 0 spiro atoms. The highest BCUT2D eigenvalue weighted by molar-refractivity contribution is 5.83. The number of carbonyl (C=O) groups excluding carboxylic acids is 1. The first kappa shape index (κ1) is 11.9. The zero-order valence-electron chi connectivity index (χ0n) is 10.1. The summed E-state index contributed by atoms with van der Waals surface area (Å²) in [5.41, 5.74) is 8.10. The van der Waals surface area contributed by atoms with Crippen LogP contribution in [0.1, 0.15) is 18.4 Å². The largest absolute Gasteiger partial charge is 0.360 e. The third-order valence-electron chi connectivity index (χ3n) is 3.20. The minimum Gasteiger partial charge on any atom is -0.360 e. The Hall–Kier alpha value is -1.55. The first-order valence-corrected chi connectivity index (χ1v) is 6.03. The van der Waals surface area contributed by atoms with E-state index in [9.17, 15) is 4.79 Å². The SMILES string of the molecule is CC(CN)c1ccccc1N1CCNC(=O)C1. The van der Waals surface area contributed by atoms with Gasteiger partial charge in [0.1, 0.15) is 0 Å². The van der Waals surface area contributed by atoms with Gasteiger partial charge in [-0.3, -0.25) is 4.79 Å². The fourth-order valence-corrected chi connectivity index (χ4v) is 2.16. The Morgan fingerprint density at radius 1 is 1.47 bits per heavy atom. The zero-order chi connectivity index (χ0) is 12.3. The number of hydrogen-bond acceptors (Lipinski definition) is 3. The van der Waals surface area contributed by atoms with Crippen molar-refractivity contribution in [2.75, 3.05) is 31.1 Å². The maximum Gasteiger partial charge on any atom is 0.239 e. The molecule has 2 rings (SSSR count). The summed E-state index contributed by atoms with van der Waals surface area (Å²) >= 11 is 0. The summed E-state index contributed by atoms with van der Waals surface area (Å²) in [6.45, 7) is 4.75. The molecule has 1 aromatic rings. The topological polar surface area (TPSA) is 58.4 Å². The van der Waals surface area contributed by atoms with Crippen molar-refractivity contribution >= 4 is 11.6 Å². The first-order chi connectivity index (χ1) is 8.22. The Labute approximate surface area is 102 Å². The molecule has 1 aliphatic heterocycles. The molecule has 1 saturated heterocycles. The number of nitrogens with one attached hydrogen (secondary N) is 1. The van der Waals surface area contributed by atoms with E-state index in [1.165, 1.54) is 5.56 Å². The maximum atomic E-state index is 11.4. The van der Waals surface area contributed by atoms with Crippen molar-refractivity contribution in [2.45, 2.75) is 12.8 Å². The molecule has 0 aliphatic carbocycles. The molecule has 1 amide bonds. The fourth-order valence-electron chi connectivity index (χ4n) is 2.16. The predicted molar refractivity (Wildman–Crippen MR) is 69.1 cm³/mol. The number of carbonyl (C=O) groups is 1. The number of rotatable bonds is 3. The van der Waals surface area contributed by atoms with Crippen LogP contribution in [0.15, 0.2) is 24.3 Å². The van der Waals surface area contributed by atoms with Gasteiger partial charge in [0.2, 0.25) is 5.91 Å². The van der Waals surface area contributed by atoms with Crippen LogP contribution in [0.2, 0.25) is 0 Å². The lowest BCUT2D eigenvalue weighted by molar-refractivity contribution is -0.120. The number of nitrogens with zero attached hydrogens (tertiary/aromatic N) is 1. The smallest absolute Gasteiger partial charge is 0.239 e. The number of para-hydroxylation sites is 1. The van der Waals surface area contributed by atoms with E-state index in [0.29, 0.717) is 25.6 Å². The molecule has 4 nitrogen and oxygen atoms in total. The van der Waals surface area contributed by atoms with Gasteiger partial charge in [0.25, 0.3) is 0 Å². The zero-order valence-corrected chi connectivity index (χ0v) is 10.1. The van der Waals surface area contributed by atoms with E-state index in [4.69, 9.17) is 5.73 Å². The highest BCUT2D eigenvalue weighted by atomic mass is 16.2. The summed E-state index contributed by atoms with van der Waals surface area (Å²) in [7, 11) is 0. The van der Waals surface area contributed by atoms with Crippen molar-refractivity contribution in [1.82, 2.24) is 5.32 Å². The van der Waals surface area contributed by atoms with Gasteiger partial charge in [0.15, 0.2) is 0 Å².